The second-order valence-corrected chi connectivity index (χ2v) is 6.36. The Labute approximate surface area is 147 Å². The summed E-state index contributed by atoms with van der Waals surface area (Å²) >= 11 is 0. The number of nitrogens with one attached hydrogen (secondary N) is 1. The highest BCUT2D eigenvalue weighted by Crippen LogP contribution is 2.33. The van der Waals surface area contributed by atoms with Gasteiger partial charge in [0.05, 0.1) is 6.54 Å². The molecule has 130 valence electrons. The summed E-state index contributed by atoms with van der Waals surface area (Å²) in [5, 5.41) is 2.90. The van der Waals surface area contributed by atoms with E-state index in [4.69, 9.17) is 0 Å². The summed E-state index contributed by atoms with van der Waals surface area (Å²) in [6.45, 7) is 2.13. The first-order chi connectivity index (χ1) is 12.0. The fourth-order valence-corrected chi connectivity index (χ4v) is 3.12. The standard InChI is InChI=1S/C19H22N4O2/c1-4-19(15-8-6-5-7-9-15)17(24)23(18(25)21-19)13-14-10-11-20-16(12-14)22(2)3/h5-12H,4,13H2,1-3H3,(H,21,25). The number of hydrogen-bond acceptors (Lipinski definition) is 4. The number of carbonyl (C=O) groups excluding carboxylic acids is 2. The molecule has 0 spiro atoms. The van der Waals surface area contributed by atoms with Gasteiger partial charge in [-0.2, -0.15) is 0 Å². The average Bonchev–Trinajstić information content (AvgIpc) is 2.88. The third-order valence-corrected chi connectivity index (χ3v) is 4.58. The van der Waals surface area contributed by atoms with Gasteiger partial charge in [-0.3, -0.25) is 9.69 Å². The van der Waals surface area contributed by atoms with Crippen LogP contribution in [-0.2, 0) is 16.9 Å². The lowest BCUT2D eigenvalue weighted by Crippen LogP contribution is -2.43. The highest BCUT2D eigenvalue weighted by molar-refractivity contribution is 6.07. The number of urea groups is 1. The van der Waals surface area contributed by atoms with E-state index < -0.39 is 5.54 Å². The summed E-state index contributed by atoms with van der Waals surface area (Å²) in [5.74, 6) is 0.573. The number of benzene rings is 1. The van der Waals surface area contributed by atoms with Crippen LogP contribution in [0.2, 0.25) is 0 Å². The minimum Gasteiger partial charge on any atom is -0.363 e. The van der Waals surface area contributed by atoms with Gasteiger partial charge in [-0.05, 0) is 29.7 Å². The molecule has 1 aliphatic heterocycles. The molecule has 6 heteroatoms. The van der Waals surface area contributed by atoms with Crippen LogP contribution in [0.15, 0.2) is 48.7 Å². The van der Waals surface area contributed by atoms with Crippen LogP contribution in [0.4, 0.5) is 10.6 Å². The first-order valence-electron chi connectivity index (χ1n) is 8.30. The summed E-state index contributed by atoms with van der Waals surface area (Å²) in [6.07, 6.45) is 2.19. The number of imide groups is 1. The maximum Gasteiger partial charge on any atom is 0.325 e. The van der Waals surface area contributed by atoms with E-state index in [9.17, 15) is 9.59 Å². The van der Waals surface area contributed by atoms with E-state index in [0.29, 0.717) is 6.42 Å². The highest BCUT2D eigenvalue weighted by Gasteiger charge is 2.51. The summed E-state index contributed by atoms with van der Waals surface area (Å²) in [5.41, 5.74) is 0.680. The van der Waals surface area contributed by atoms with Crippen molar-refractivity contribution in [1.29, 1.82) is 0 Å². The number of pyridine rings is 1. The Morgan fingerprint density at radius 1 is 1.16 bits per heavy atom. The largest absolute Gasteiger partial charge is 0.363 e. The van der Waals surface area contributed by atoms with Gasteiger partial charge in [0.1, 0.15) is 11.4 Å². The van der Waals surface area contributed by atoms with Crippen molar-refractivity contribution in [3.63, 3.8) is 0 Å². The van der Waals surface area contributed by atoms with Crippen molar-refractivity contribution in [2.75, 3.05) is 19.0 Å². The lowest BCUT2D eigenvalue weighted by Gasteiger charge is -2.25. The third kappa shape index (κ3) is 2.95. The normalized spacial score (nSPS) is 19.9. The molecule has 0 saturated carbocycles. The molecule has 1 N–H and O–H groups in total. The molecule has 3 amide bonds. The summed E-state index contributed by atoms with van der Waals surface area (Å²) < 4.78 is 0. The van der Waals surface area contributed by atoms with E-state index in [1.807, 2.05) is 68.4 Å². The minimum absolute atomic E-state index is 0.214. The van der Waals surface area contributed by atoms with Gasteiger partial charge in [-0.15, -0.1) is 0 Å². The molecule has 25 heavy (non-hydrogen) atoms. The zero-order valence-corrected chi connectivity index (χ0v) is 14.7. The molecule has 3 rings (SSSR count). The fourth-order valence-electron chi connectivity index (χ4n) is 3.12. The summed E-state index contributed by atoms with van der Waals surface area (Å²) in [6, 6.07) is 12.7. The van der Waals surface area contributed by atoms with Crippen molar-refractivity contribution >= 4 is 17.8 Å². The molecule has 1 aromatic heterocycles. The molecule has 1 atom stereocenters. The number of anilines is 1. The third-order valence-electron chi connectivity index (χ3n) is 4.58. The molecule has 1 fully saturated rings. The zero-order chi connectivity index (χ0) is 18.0. The second-order valence-electron chi connectivity index (χ2n) is 6.36. The first-order valence-corrected chi connectivity index (χ1v) is 8.30. The minimum atomic E-state index is -0.990. The monoisotopic (exact) mass is 338 g/mol. The van der Waals surface area contributed by atoms with E-state index in [2.05, 4.69) is 10.3 Å². The van der Waals surface area contributed by atoms with Gasteiger partial charge in [0.15, 0.2) is 0 Å². The molecule has 2 heterocycles. The van der Waals surface area contributed by atoms with Crippen molar-refractivity contribution in [1.82, 2.24) is 15.2 Å². The van der Waals surface area contributed by atoms with E-state index in [1.165, 1.54) is 4.90 Å². The highest BCUT2D eigenvalue weighted by atomic mass is 16.2. The predicted octanol–water partition coefficient (Wildman–Crippen LogP) is 2.50. The number of rotatable bonds is 5. The maximum atomic E-state index is 13.1. The molecule has 1 aliphatic rings. The van der Waals surface area contributed by atoms with E-state index >= 15 is 0 Å². The molecule has 0 aliphatic carbocycles. The molecule has 6 nitrogen and oxygen atoms in total. The Morgan fingerprint density at radius 3 is 2.52 bits per heavy atom. The van der Waals surface area contributed by atoms with Crippen molar-refractivity contribution in [3.05, 3.63) is 59.8 Å². The Balaban J connectivity index is 1.90. The Hall–Kier alpha value is -2.89. The molecule has 1 aromatic carbocycles. The van der Waals surface area contributed by atoms with Gasteiger partial charge in [0.2, 0.25) is 0 Å². The van der Waals surface area contributed by atoms with Crippen LogP contribution in [0.25, 0.3) is 0 Å². The molecule has 1 unspecified atom stereocenters. The zero-order valence-electron chi connectivity index (χ0n) is 14.7. The van der Waals surface area contributed by atoms with Gasteiger partial charge < -0.3 is 10.2 Å². The summed E-state index contributed by atoms with van der Waals surface area (Å²) in [7, 11) is 3.80. The second kappa shape index (κ2) is 6.55. The van der Waals surface area contributed by atoms with Crippen molar-refractivity contribution in [2.45, 2.75) is 25.4 Å². The topological polar surface area (TPSA) is 65.5 Å². The first kappa shape index (κ1) is 17.0. The van der Waals surface area contributed by atoms with Gasteiger partial charge in [-0.25, -0.2) is 9.78 Å². The van der Waals surface area contributed by atoms with Crippen LogP contribution in [0.1, 0.15) is 24.5 Å². The Morgan fingerprint density at radius 2 is 1.88 bits per heavy atom. The number of hydrogen-bond donors (Lipinski definition) is 1. The lowest BCUT2D eigenvalue weighted by atomic mass is 9.87. The van der Waals surface area contributed by atoms with Crippen LogP contribution >= 0.6 is 0 Å². The van der Waals surface area contributed by atoms with Crippen LogP contribution in [0, 0.1) is 0 Å². The van der Waals surface area contributed by atoms with Gasteiger partial charge >= 0.3 is 6.03 Å². The Kier molecular flexibility index (Phi) is 4.44. The molecule has 0 radical (unpaired) electrons. The molecule has 1 saturated heterocycles. The number of aromatic nitrogens is 1. The SMILES string of the molecule is CCC1(c2ccccc2)NC(=O)N(Cc2ccnc(N(C)C)c2)C1=O. The fraction of sp³-hybridized carbons (Fsp3) is 0.316. The van der Waals surface area contributed by atoms with Crippen LogP contribution in [-0.4, -0.2) is 35.9 Å². The van der Waals surface area contributed by atoms with Gasteiger partial charge in [0.25, 0.3) is 5.91 Å². The number of nitrogens with zero attached hydrogens (tertiary/aromatic N) is 3. The van der Waals surface area contributed by atoms with Crippen LogP contribution in [0.3, 0.4) is 0 Å². The molecule has 0 bridgehead atoms. The van der Waals surface area contributed by atoms with Crippen LogP contribution < -0.4 is 10.2 Å². The van der Waals surface area contributed by atoms with E-state index in [1.54, 1.807) is 6.20 Å². The van der Waals surface area contributed by atoms with E-state index in [0.717, 1.165) is 16.9 Å². The van der Waals surface area contributed by atoms with Gasteiger partial charge in [0, 0.05) is 20.3 Å². The molecular weight excluding hydrogens is 316 g/mol. The smallest absolute Gasteiger partial charge is 0.325 e. The van der Waals surface area contributed by atoms with Crippen LogP contribution in [0.5, 0.6) is 0 Å². The number of carbonyl (C=O) groups is 2. The quantitative estimate of drug-likeness (QED) is 0.851. The summed E-state index contributed by atoms with van der Waals surface area (Å²) in [4.78, 5) is 33.1. The van der Waals surface area contributed by atoms with E-state index in [-0.39, 0.29) is 18.5 Å². The maximum absolute atomic E-state index is 13.1. The molecule has 2 aromatic rings. The Bertz CT molecular complexity index is 791. The van der Waals surface area contributed by atoms with Gasteiger partial charge in [-0.1, -0.05) is 37.3 Å². The number of amides is 3. The van der Waals surface area contributed by atoms with Crippen molar-refractivity contribution in [3.8, 4) is 0 Å². The average molecular weight is 338 g/mol. The lowest BCUT2D eigenvalue weighted by molar-refractivity contribution is -0.132. The van der Waals surface area contributed by atoms with Crippen molar-refractivity contribution in [2.24, 2.45) is 0 Å². The predicted molar refractivity (Wildman–Crippen MR) is 96.1 cm³/mol. The van der Waals surface area contributed by atoms with Crippen molar-refractivity contribution < 1.29 is 9.59 Å². The molecular formula is C19H22N4O2.